The number of hydrogen-bond acceptors (Lipinski definition) is 3. The Bertz CT molecular complexity index is 489. The number of para-hydroxylation sites is 2. The van der Waals surface area contributed by atoms with Gasteiger partial charge in [-0.1, -0.05) is 12.1 Å². The summed E-state index contributed by atoms with van der Waals surface area (Å²) in [6.45, 7) is 0.456. The second-order valence-corrected chi connectivity index (χ2v) is 4.32. The van der Waals surface area contributed by atoms with Crippen LogP contribution in [-0.4, -0.2) is 41.7 Å². The summed E-state index contributed by atoms with van der Waals surface area (Å²) in [6, 6.07) is 5.86. The van der Waals surface area contributed by atoms with E-state index >= 15 is 0 Å². The van der Waals surface area contributed by atoms with Gasteiger partial charge in [0.05, 0.1) is 12.8 Å². The van der Waals surface area contributed by atoms with Crippen LogP contribution in [0.2, 0.25) is 0 Å². The topological polar surface area (TPSA) is 78.9 Å². The number of nitrogens with one attached hydrogen (secondary N) is 1. The number of ether oxygens (including phenoxy) is 1. The molecule has 1 aliphatic heterocycles. The Morgan fingerprint density at radius 3 is 2.84 bits per heavy atom. The lowest BCUT2D eigenvalue weighted by Gasteiger charge is -2.22. The summed E-state index contributed by atoms with van der Waals surface area (Å²) in [7, 11) is 1.51. The van der Waals surface area contributed by atoms with Gasteiger partial charge in [0.1, 0.15) is 11.8 Å². The third-order valence-electron chi connectivity index (χ3n) is 3.15. The van der Waals surface area contributed by atoms with Crippen molar-refractivity contribution in [2.75, 3.05) is 19.0 Å². The molecule has 2 rings (SSSR count). The van der Waals surface area contributed by atoms with Gasteiger partial charge in [0.15, 0.2) is 0 Å². The van der Waals surface area contributed by atoms with Crippen molar-refractivity contribution in [1.29, 1.82) is 0 Å². The van der Waals surface area contributed by atoms with Crippen LogP contribution in [0.1, 0.15) is 12.8 Å². The molecule has 1 aliphatic rings. The highest BCUT2D eigenvalue weighted by Crippen LogP contribution is 2.25. The number of likely N-dealkylation sites (tertiary alicyclic amines) is 1. The standard InChI is InChI=1S/C13H16N2O4/c1-19-11-7-3-2-5-9(11)14-13(18)15-8-4-6-10(15)12(16)17/h2-3,5,7,10H,4,6,8H2,1H3,(H,14,18)(H,16,17)/t10-/m0/s1. The number of urea groups is 1. The third-order valence-corrected chi connectivity index (χ3v) is 3.15. The van der Waals surface area contributed by atoms with Crippen LogP contribution in [0.15, 0.2) is 24.3 Å². The van der Waals surface area contributed by atoms with Gasteiger partial charge in [-0.15, -0.1) is 0 Å². The third kappa shape index (κ3) is 2.78. The lowest BCUT2D eigenvalue weighted by atomic mass is 10.2. The van der Waals surface area contributed by atoms with E-state index in [-0.39, 0.29) is 0 Å². The quantitative estimate of drug-likeness (QED) is 0.872. The van der Waals surface area contributed by atoms with Gasteiger partial charge < -0.3 is 20.1 Å². The van der Waals surface area contributed by atoms with Gasteiger partial charge in [0.2, 0.25) is 0 Å². The highest BCUT2D eigenvalue weighted by molar-refractivity contribution is 5.93. The number of hydrogen-bond donors (Lipinski definition) is 2. The summed E-state index contributed by atoms with van der Waals surface area (Å²) >= 11 is 0. The number of aliphatic carboxylic acids is 1. The molecule has 1 fully saturated rings. The molecule has 0 spiro atoms. The first-order chi connectivity index (χ1) is 9.13. The predicted octanol–water partition coefficient (Wildman–Crippen LogP) is 1.78. The van der Waals surface area contributed by atoms with E-state index in [0.717, 1.165) is 0 Å². The molecule has 0 aliphatic carbocycles. The molecule has 2 N–H and O–H groups in total. The fourth-order valence-electron chi connectivity index (χ4n) is 2.20. The molecule has 102 valence electrons. The molecule has 1 heterocycles. The highest BCUT2D eigenvalue weighted by Gasteiger charge is 2.34. The largest absolute Gasteiger partial charge is 0.495 e. The maximum Gasteiger partial charge on any atom is 0.326 e. The molecule has 19 heavy (non-hydrogen) atoms. The predicted molar refractivity (Wildman–Crippen MR) is 69.4 cm³/mol. The van der Waals surface area contributed by atoms with Gasteiger partial charge in [-0.25, -0.2) is 9.59 Å². The molecule has 0 radical (unpaired) electrons. The number of benzene rings is 1. The van der Waals surface area contributed by atoms with Crippen LogP contribution >= 0.6 is 0 Å². The van der Waals surface area contributed by atoms with Crippen molar-refractivity contribution >= 4 is 17.7 Å². The number of nitrogens with zero attached hydrogens (tertiary/aromatic N) is 1. The van der Waals surface area contributed by atoms with Crippen molar-refractivity contribution in [2.45, 2.75) is 18.9 Å². The number of rotatable bonds is 3. The summed E-state index contributed by atoms with van der Waals surface area (Å²) in [4.78, 5) is 24.5. The first-order valence-corrected chi connectivity index (χ1v) is 6.07. The van der Waals surface area contributed by atoms with Crippen LogP contribution in [0.4, 0.5) is 10.5 Å². The minimum atomic E-state index is -0.965. The van der Waals surface area contributed by atoms with Crippen molar-refractivity contribution in [1.82, 2.24) is 4.90 Å². The summed E-state index contributed by atoms with van der Waals surface area (Å²) in [5.41, 5.74) is 0.533. The van der Waals surface area contributed by atoms with E-state index in [1.165, 1.54) is 12.0 Å². The Morgan fingerprint density at radius 1 is 1.42 bits per heavy atom. The van der Waals surface area contributed by atoms with Crippen LogP contribution in [0.5, 0.6) is 5.75 Å². The molecule has 0 aromatic heterocycles. The molecule has 1 aromatic carbocycles. The van der Waals surface area contributed by atoms with E-state index in [1.807, 2.05) is 0 Å². The van der Waals surface area contributed by atoms with Gasteiger partial charge in [0.25, 0.3) is 0 Å². The van der Waals surface area contributed by atoms with Crippen molar-refractivity contribution < 1.29 is 19.4 Å². The van der Waals surface area contributed by atoms with Crippen molar-refractivity contribution in [3.8, 4) is 5.75 Å². The lowest BCUT2D eigenvalue weighted by Crippen LogP contribution is -2.42. The molecular weight excluding hydrogens is 248 g/mol. The molecule has 6 nitrogen and oxygen atoms in total. The number of anilines is 1. The highest BCUT2D eigenvalue weighted by atomic mass is 16.5. The average Bonchev–Trinajstić information content (AvgIpc) is 2.88. The Kier molecular flexibility index (Phi) is 3.89. The normalized spacial score (nSPS) is 18.2. The Morgan fingerprint density at radius 2 is 2.16 bits per heavy atom. The number of carboxylic acid groups (broad SMARTS) is 1. The molecule has 0 unspecified atom stereocenters. The number of methoxy groups -OCH3 is 1. The van der Waals surface area contributed by atoms with E-state index in [9.17, 15) is 9.59 Å². The molecule has 1 saturated heterocycles. The first kappa shape index (κ1) is 13.2. The zero-order valence-electron chi connectivity index (χ0n) is 10.6. The van der Waals surface area contributed by atoms with E-state index in [0.29, 0.717) is 30.8 Å². The molecule has 0 bridgehead atoms. The summed E-state index contributed by atoms with van der Waals surface area (Å²) in [6.07, 6.45) is 1.20. The van der Waals surface area contributed by atoms with E-state index in [1.54, 1.807) is 24.3 Å². The van der Waals surface area contributed by atoms with Gasteiger partial charge in [-0.05, 0) is 25.0 Å². The zero-order chi connectivity index (χ0) is 13.8. The number of carboxylic acids is 1. The fraction of sp³-hybridized carbons (Fsp3) is 0.385. The minimum absolute atomic E-state index is 0.408. The fourth-order valence-corrected chi connectivity index (χ4v) is 2.20. The van der Waals surface area contributed by atoms with Crippen LogP contribution in [-0.2, 0) is 4.79 Å². The van der Waals surface area contributed by atoms with Crippen molar-refractivity contribution in [3.63, 3.8) is 0 Å². The number of amides is 2. The van der Waals surface area contributed by atoms with Crippen molar-refractivity contribution in [3.05, 3.63) is 24.3 Å². The Balaban J connectivity index is 2.10. The summed E-state index contributed by atoms with van der Waals surface area (Å²) in [5.74, 6) is -0.422. The first-order valence-electron chi connectivity index (χ1n) is 6.07. The zero-order valence-corrected chi connectivity index (χ0v) is 10.6. The molecule has 1 aromatic rings. The number of carbonyl (C=O) groups is 2. The van der Waals surface area contributed by atoms with Crippen molar-refractivity contribution in [2.24, 2.45) is 0 Å². The van der Waals surface area contributed by atoms with Gasteiger partial charge in [0, 0.05) is 6.54 Å². The van der Waals surface area contributed by atoms with Crippen LogP contribution in [0, 0.1) is 0 Å². The monoisotopic (exact) mass is 264 g/mol. The average molecular weight is 264 g/mol. The van der Waals surface area contributed by atoms with Crippen LogP contribution in [0.3, 0.4) is 0 Å². The van der Waals surface area contributed by atoms with E-state index in [4.69, 9.17) is 9.84 Å². The SMILES string of the molecule is COc1ccccc1NC(=O)N1CCC[C@H]1C(=O)O. The molecule has 2 amide bonds. The Labute approximate surface area is 111 Å². The second kappa shape index (κ2) is 5.60. The van der Waals surface area contributed by atoms with Gasteiger partial charge >= 0.3 is 12.0 Å². The lowest BCUT2D eigenvalue weighted by molar-refractivity contribution is -0.141. The summed E-state index contributed by atoms with van der Waals surface area (Å²) < 4.78 is 5.13. The van der Waals surface area contributed by atoms with Gasteiger partial charge in [-0.2, -0.15) is 0 Å². The molecular formula is C13H16N2O4. The maximum atomic E-state index is 12.1. The summed E-state index contributed by atoms with van der Waals surface area (Å²) in [5, 5.41) is 11.7. The van der Waals surface area contributed by atoms with E-state index < -0.39 is 18.0 Å². The van der Waals surface area contributed by atoms with Gasteiger partial charge in [-0.3, -0.25) is 0 Å². The molecule has 1 atom stereocenters. The number of carbonyl (C=O) groups excluding carboxylic acids is 1. The smallest absolute Gasteiger partial charge is 0.326 e. The van der Waals surface area contributed by atoms with Crippen LogP contribution in [0.25, 0.3) is 0 Å². The Hall–Kier alpha value is -2.24. The van der Waals surface area contributed by atoms with Crippen LogP contribution < -0.4 is 10.1 Å². The van der Waals surface area contributed by atoms with E-state index in [2.05, 4.69) is 5.32 Å². The second-order valence-electron chi connectivity index (χ2n) is 4.32. The molecule has 0 saturated carbocycles. The maximum absolute atomic E-state index is 12.1. The molecule has 6 heteroatoms. The minimum Gasteiger partial charge on any atom is -0.495 e.